The smallest absolute Gasteiger partial charge is 0.246 e. The molecule has 0 bridgehead atoms. The Morgan fingerprint density at radius 3 is 2.83 bits per heavy atom. The van der Waals surface area contributed by atoms with Gasteiger partial charge in [-0.05, 0) is 11.6 Å². The summed E-state index contributed by atoms with van der Waals surface area (Å²) in [6.07, 6.45) is 0. The van der Waals surface area contributed by atoms with Gasteiger partial charge in [0.1, 0.15) is 0 Å². The molecule has 2 heterocycles. The quantitative estimate of drug-likeness (QED) is 0.921. The van der Waals surface area contributed by atoms with Crippen LogP contribution >= 0.6 is 0 Å². The molecule has 0 atom stereocenters. The summed E-state index contributed by atoms with van der Waals surface area (Å²) in [6.45, 7) is 0.738. The van der Waals surface area contributed by atoms with Gasteiger partial charge in [0.15, 0.2) is 11.5 Å². The van der Waals surface area contributed by atoms with Gasteiger partial charge in [-0.1, -0.05) is 18.2 Å². The summed E-state index contributed by atoms with van der Waals surface area (Å²) in [5, 5.41) is 12.3. The van der Waals surface area contributed by atoms with E-state index < -0.39 is 0 Å². The number of benzene rings is 2. The Labute approximate surface area is 132 Å². The van der Waals surface area contributed by atoms with Crippen molar-refractivity contribution in [3.8, 4) is 17.6 Å². The van der Waals surface area contributed by atoms with Crippen LogP contribution in [0.3, 0.4) is 0 Å². The van der Waals surface area contributed by atoms with E-state index in [0.29, 0.717) is 23.6 Å². The zero-order valence-corrected chi connectivity index (χ0v) is 12.2. The zero-order valence-electron chi connectivity index (χ0n) is 12.2. The summed E-state index contributed by atoms with van der Waals surface area (Å²) in [7, 11) is 0. The van der Waals surface area contributed by atoms with Gasteiger partial charge in [-0.15, -0.1) is 0 Å². The van der Waals surface area contributed by atoms with Gasteiger partial charge < -0.3 is 19.7 Å². The number of nitriles is 1. The number of amides is 1. The average molecular weight is 307 g/mol. The fourth-order valence-corrected chi connectivity index (χ4v) is 2.81. The Bertz CT molecular complexity index is 841. The topological polar surface area (TPSA) is 74.6 Å². The van der Waals surface area contributed by atoms with E-state index in [2.05, 4.69) is 11.4 Å². The number of rotatable bonds is 2. The van der Waals surface area contributed by atoms with Crippen molar-refractivity contribution >= 4 is 17.3 Å². The minimum Gasteiger partial charge on any atom is -0.454 e. The third kappa shape index (κ3) is 2.23. The maximum atomic E-state index is 12.4. The number of carbonyl (C=O) groups is 1. The molecular formula is C17H13N3O3. The van der Waals surface area contributed by atoms with Crippen LogP contribution in [0.2, 0.25) is 0 Å². The van der Waals surface area contributed by atoms with Crippen LogP contribution in [0.4, 0.5) is 11.4 Å². The van der Waals surface area contributed by atoms with Crippen molar-refractivity contribution in [3.05, 3.63) is 47.5 Å². The maximum absolute atomic E-state index is 12.4. The van der Waals surface area contributed by atoms with E-state index in [1.165, 1.54) is 0 Å². The minimum absolute atomic E-state index is 0.0518. The molecule has 0 aliphatic carbocycles. The van der Waals surface area contributed by atoms with Crippen LogP contribution in [0.5, 0.6) is 11.5 Å². The van der Waals surface area contributed by atoms with E-state index >= 15 is 0 Å². The van der Waals surface area contributed by atoms with Gasteiger partial charge in [-0.2, -0.15) is 5.26 Å². The zero-order chi connectivity index (χ0) is 15.8. The van der Waals surface area contributed by atoms with E-state index in [1.54, 1.807) is 17.0 Å². The Kier molecular flexibility index (Phi) is 3.05. The summed E-state index contributed by atoms with van der Waals surface area (Å²) in [4.78, 5) is 14.0. The molecule has 114 valence electrons. The minimum atomic E-state index is -0.0518. The molecule has 0 radical (unpaired) electrons. The first-order valence-corrected chi connectivity index (χ1v) is 7.22. The first-order chi connectivity index (χ1) is 11.3. The van der Waals surface area contributed by atoms with E-state index in [4.69, 9.17) is 9.47 Å². The molecule has 0 unspecified atom stereocenters. The SMILES string of the molecule is N#Cc1ccccc1CN1C(=O)CNc2cc3c(cc21)OCO3. The normalized spacial score (nSPS) is 14.9. The van der Waals surface area contributed by atoms with E-state index in [1.807, 2.05) is 24.3 Å². The lowest BCUT2D eigenvalue weighted by Gasteiger charge is -2.30. The molecular weight excluding hydrogens is 294 g/mol. The first-order valence-electron chi connectivity index (χ1n) is 7.22. The number of nitrogens with one attached hydrogen (secondary N) is 1. The van der Waals surface area contributed by atoms with Gasteiger partial charge in [-0.3, -0.25) is 4.79 Å². The molecule has 6 nitrogen and oxygen atoms in total. The standard InChI is InChI=1S/C17H13N3O3/c18-7-11-3-1-2-4-12(11)9-20-14-6-16-15(22-10-23-16)5-13(14)19-8-17(20)21/h1-6,19H,8-10H2. The van der Waals surface area contributed by atoms with Crippen LogP contribution in [0, 0.1) is 11.3 Å². The average Bonchev–Trinajstić information content (AvgIpc) is 3.03. The first kappa shape index (κ1) is 13.5. The number of carbonyl (C=O) groups excluding carboxylic acids is 1. The van der Waals surface area contributed by atoms with Crippen LogP contribution < -0.4 is 19.7 Å². The number of fused-ring (bicyclic) bond motifs is 2. The summed E-state index contributed by atoms with van der Waals surface area (Å²) in [5.74, 6) is 1.24. The van der Waals surface area contributed by atoms with Crippen molar-refractivity contribution in [1.29, 1.82) is 5.26 Å². The molecule has 1 N–H and O–H groups in total. The fraction of sp³-hybridized carbons (Fsp3) is 0.176. The highest BCUT2D eigenvalue weighted by Gasteiger charge is 2.28. The van der Waals surface area contributed by atoms with Gasteiger partial charge in [-0.25, -0.2) is 0 Å². The van der Waals surface area contributed by atoms with Crippen molar-refractivity contribution in [1.82, 2.24) is 0 Å². The molecule has 6 heteroatoms. The molecule has 23 heavy (non-hydrogen) atoms. The Morgan fingerprint density at radius 2 is 2.00 bits per heavy atom. The summed E-state index contributed by atoms with van der Waals surface area (Å²) in [5.41, 5.74) is 2.94. The number of hydrogen-bond acceptors (Lipinski definition) is 5. The third-order valence-corrected chi connectivity index (χ3v) is 3.98. The van der Waals surface area contributed by atoms with Crippen molar-refractivity contribution in [2.75, 3.05) is 23.6 Å². The second-order valence-electron chi connectivity index (χ2n) is 5.33. The van der Waals surface area contributed by atoms with Crippen molar-refractivity contribution < 1.29 is 14.3 Å². The molecule has 1 amide bonds. The van der Waals surface area contributed by atoms with Crippen LogP contribution in [0.25, 0.3) is 0 Å². The lowest BCUT2D eigenvalue weighted by Crippen LogP contribution is -2.39. The van der Waals surface area contributed by atoms with E-state index in [-0.39, 0.29) is 19.2 Å². The molecule has 2 aliphatic rings. The lowest BCUT2D eigenvalue weighted by molar-refractivity contribution is -0.117. The van der Waals surface area contributed by atoms with Gasteiger partial charge in [0.25, 0.3) is 0 Å². The number of ether oxygens (including phenoxy) is 2. The molecule has 4 rings (SSSR count). The van der Waals surface area contributed by atoms with Crippen molar-refractivity contribution in [3.63, 3.8) is 0 Å². The maximum Gasteiger partial charge on any atom is 0.246 e. The second-order valence-corrected chi connectivity index (χ2v) is 5.33. The van der Waals surface area contributed by atoms with Crippen molar-refractivity contribution in [2.24, 2.45) is 0 Å². The molecule has 0 saturated heterocycles. The molecule has 0 fully saturated rings. The van der Waals surface area contributed by atoms with E-state index in [0.717, 1.165) is 16.9 Å². The Balaban J connectivity index is 1.75. The predicted molar refractivity (Wildman–Crippen MR) is 83.4 cm³/mol. The number of anilines is 2. The molecule has 0 spiro atoms. The fourth-order valence-electron chi connectivity index (χ4n) is 2.81. The monoisotopic (exact) mass is 307 g/mol. The van der Waals surface area contributed by atoms with Crippen LogP contribution in [-0.2, 0) is 11.3 Å². The summed E-state index contributed by atoms with van der Waals surface area (Å²) >= 11 is 0. The molecule has 2 aromatic carbocycles. The van der Waals surface area contributed by atoms with E-state index in [9.17, 15) is 10.1 Å². The summed E-state index contributed by atoms with van der Waals surface area (Å²) < 4.78 is 10.8. The van der Waals surface area contributed by atoms with Gasteiger partial charge in [0.2, 0.25) is 12.7 Å². The van der Waals surface area contributed by atoms with Gasteiger partial charge >= 0.3 is 0 Å². The number of nitrogens with zero attached hydrogens (tertiary/aromatic N) is 2. The highest BCUT2D eigenvalue weighted by atomic mass is 16.7. The molecule has 0 saturated carbocycles. The van der Waals surface area contributed by atoms with Gasteiger partial charge in [0.05, 0.1) is 36.1 Å². The predicted octanol–water partition coefficient (Wildman–Crippen LogP) is 2.25. The van der Waals surface area contributed by atoms with Crippen LogP contribution in [0.15, 0.2) is 36.4 Å². The van der Waals surface area contributed by atoms with Crippen LogP contribution in [0.1, 0.15) is 11.1 Å². The van der Waals surface area contributed by atoms with Crippen LogP contribution in [-0.4, -0.2) is 19.2 Å². The Hall–Kier alpha value is -3.20. The highest BCUT2D eigenvalue weighted by molar-refractivity contribution is 6.03. The number of hydrogen-bond donors (Lipinski definition) is 1. The largest absolute Gasteiger partial charge is 0.454 e. The van der Waals surface area contributed by atoms with Crippen molar-refractivity contribution in [2.45, 2.75) is 6.54 Å². The summed E-state index contributed by atoms with van der Waals surface area (Å²) in [6, 6.07) is 13.1. The van der Waals surface area contributed by atoms with Gasteiger partial charge in [0, 0.05) is 12.1 Å². The highest BCUT2D eigenvalue weighted by Crippen LogP contribution is 2.42. The molecule has 0 aromatic heterocycles. The second kappa shape index (κ2) is 5.21. The third-order valence-electron chi connectivity index (χ3n) is 3.98. The molecule has 2 aromatic rings. The Morgan fingerprint density at radius 1 is 1.22 bits per heavy atom. The lowest BCUT2D eigenvalue weighted by atomic mass is 10.1. The molecule has 2 aliphatic heterocycles.